The van der Waals surface area contributed by atoms with Crippen LogP contribution in [0.1, 0.15) is 21.5 Å². The van der Waals surface area contributed by atoms with Gasteiger partial charge in [0.1, 0.15) is 12.2 Å². The number of ether oxygens (including phenoxy) is 2. The number of nitro groups is 1. The van der Waals surface area contributed by atoms with Crippen LogP contribution < -0.4 is 14.9 Å². The smallest absolute Gasteiger partial charge is 0.282 e. The topological polar surface area (TPSA) is 103 Å². The number of rotatable bonds is 8. The molecule has 0 spiro atoms. The minimum Gasteiger partial charge on any atom is -0.493 e. The highest BCUT2D eigenvalue weighted by atomic mass is 79.9. The summed E-state index contributed by atoms with van der Waals surface area (Å²) in [6.07, 6.45) is 1.39. The van der Waals surface area contributed by atoms with Crippen molar-refractivity contribution in [3.05, 3.63) is 97.0 Å². The molecule has 0 radical (unpaired) electrons. The first kappa shape index (κ1) is 23.2. The molecule has 3 aromatic rings. The van der Waals surface area contributed by atoms with Crippen molar-refractivity contribution in [3.63, 3.8) is 0 Å². The predicted molar refractivity (Wildman–Crippen MR) is 125 cm³/mol. The zero-order valence-electron chi connectivity index (χ0n) is 16.7. The largest absolute Gasteiger partial charge is 0.493 e. The molecule has 32 heavy (non-hydrogen) atoms. The van der Waals surface area contributed by atoms with Crippen LogP contribution >= 0.6 is 27.5 Å². The van der Waals surface area contributed by atoms with E-state index in [9.17, 15) is 14.9 Å². The molecule has 8 nitrogen and oxygen atoms in total. The molecule has 10 heteroatoms. The predicted octanol–water partition coefficient (Wildman–Crippen LogP) is 5.36. The molecule has 0 fully saturated rings. The van der Waals surface area contributed by atoms with Gasteiger partial charge in [0.2, 0.25) is 0 Å². The zero-order chi connectivity index (χ0) is 23.1. The summed E-state index contributed by atoms with van der Waals surface area (Å²) in [5, 5.41) is 15.6. The van der Waals surface area contributed by atoms with Crippen molar-refractivity contribution in [2.45, 2.75) is 6.61 Å². The molecule has 0 aliphatic rings. The van der Waals surface area contributed by atoms with Crippen LogP contribution in [0.3, 0.4) is 0 Å². The highest BCUT2D eigenvalue weighted by molar-refractivity contribution is 9.10. The number of amides is 1. The maximum Gasteiger partial charge on any atom is 0.282 e. The van der Waals surface area contributed by atoms with Crippen molar-refractivity contribution < 1.29 is 19.2 Å². The van der Waals surface area contributed by atoms with E-state index >= 15 is 0 Å². The fraction of sp³-hybridized carbons (Fsp3) is 0.0909. The van der Waals surface area contributed by atoms with E-state index in [1.807, 2.05) is 18.2 Å². The van der Waals surface area contributed by atoms with Gasteiger partial charge in [0, 0.05) is 16.7 Å². The van der Waals surface area contributed by atoms with Crippen LogP contribution in [0.2, 0.25) is 5.02 Å². The first-order chi connectivity index (χ1) is 15.4. The van der Waals surface area contributed by atoms with Gasteiger partial charge < -0.3 is 9.47 Å². The van der Waals surface area contributed by atoms with Crippen molar-refractivity contribution in [2.24, 2.45) is 5.10 Å². The Kier molecular flexibility index (Phi) is 7.80. The molecule has 3 rings (SSSR count). The molecule has 1 N–H and O–H groups in total. The second-order valence-corrected chi connectivity index (χ2v) is 7.65. The third kappa shape index (κ3) is 5.63. The molecule has 0 saturated heterocycles. The Morgan fingerprint density at radius 2 is 1.94 bits per heavy atom. The van der Waals surface area contributed by atoms with E-state index in [0.29, 0.717) is 26.6 Å². The number of hydrogen-bond donors (Lipinski definition) is 1. The summed E-state index contributed by atoms with van der Waals surface area (Å²) in [7, 11) is 1.50. The second kappa shape index (κ2) is 10.7. The lowest BCUT2D eigenvalue weighted by atomic mass is 10.2. The lowest BCUT2D eigenvalue weighted by molar-refractivity contribution is -0.385. The van der Waals surface area contributed by atoms with Crippen molar-refractivity contribution in [3.8, 4) is 11.5 Å². The van der Waals surface area contributed by atoms with Crippen molar-refractivity contribution in [2.75, 3.05) is 7.11 Å². The maximum atomic E-state index is 12.3. The second-order valence-electron chi connectivity index (χ2n) is 6.39. The van der Waals surface area contributed by atoms with Gasteiger partial charge >= 0.3 is 0 Å². The molecular formula is C22H17BrClN3O5. The zero-order valence-corrected chi connectivity index (χ0v) is 19.1. The van der Waals surface area contributed by atoms with E-state index in [0.717, 1.165) is 5.56 Å². The SMILES string of the molecule is COc1cc(/C=N/NC(=O)c2ccccc2[N+](=O)[O-])cc(Br)c1OCc1ccccc1Cl. The van der Waals surface area contributed by atoms with Gasteiger partial charge in [0.15, 0.2) is 11.5 Å². The number of halogens is 2. The highest BCUT2D eigenvalue weighted by Gasteiger charge is 2.18. The quantitative estimate of drug-likeness (QED) is 0.246. The summed E-state index contributed by atoms with van der Waals surface area (Å²) in [5.41, 5.74) is 3.33. The Hall–Kier alpha value is -3.43. The van der Waals surface area contributed by atoms with Crippen LogP contribution in [0.25, 0.3) is 0 Å². The third-order valence-electron chi connectivity index (χ3n) is 4.31. The number of carbonyl (C=O) groups is 1. The number of hydrogen-bond acceptors (Lipinski definition) is 6. The number of para-hydroxylation sites is 1. The number of benzene rings is 3. The first-order valence-electron chi connectivity index (χ1n) is 9.21. The summed E-state index contributed by atoms with van der Waals surface area (Å²) >= 11 is 9.62. The first-order valence-corrected chi connectivity index (χ1v) is 10.4. The molecule has 0 bridgehead atoms. The van der Waals surface area contributed by atoms with E-state index < -0.39 is 10.8 Å². The summed E-state index contributed by atoms with van der Waals surface area (Å²) in [5.74, 6) is 0.227. The minimum atomic E-state index is -0.695. The van der Waals surface area contributed by atoms with Gasteiger partial charge in [0.25, 0.3) is 11.6 Å². The summed E-state index contributed by atoms with van der Waals surface area (Å²) in [6, 6.07) is 16.4. The monoisotopic (exact) mass is 517 g/mol. The fourth-order valence-electron chi connectivity index (χ4n) is 2.77. The number of methoxy groups -OCH3 is 1. The van der Waals surface area contributed by atoms with Gasteiger partial charge in [-0.2, -0.15) is 5.10 Å². The minimum absolute atomic E-state index is 0.0864. The van der Waals surface area contributed by atoms with Gasteiger partial charge in [-0.1, -0.05) is 41.9 Å². The summed E-state index contributed by atoms with van der Waals surface area (Å²) in [6.45, 7) is 0.244. The molecule has 0 heterocycles. The van der Waals surface area contributed by atoms with Crippen molar-refractivity contribution >= 4 is 45.3 Å². The summed E-state index contributed by atoms with van der Waals surface area (Å²) in [4.78, 5) is 22.7. The maximum absolute atomic E-state index is 12.3. The van der Waals surface area contributed by atoms with Crippen LogP contribution in [0.4, 0.5) is 5.69 Å². The van der Waals surface area contributed by atoms with Crippen LogP contribution in [0.5, 0.6) is 11.5 Å². The lowest BCUT2D eigenvalue weighted by Gasteiger charge is -2.14. The molecule has 3 aromatic carbocycles. The molecule has 164 valence electrons. The normalized spacial score (nSPS) is 10.7. The van der Waals surface area contributed by atoms with E-state index in [4.69, 9.17) is 21.1 Å². The average molecular weight is 519 g/mol. The van der Waals surface area contributed by atoms with Crippen LogP contribution in [0, 0.1) is 10.1 Å². The summed E-state index contributed by atoms with van der Waals surface area (Å²) < 4.78 is 11.9. The molecule has 1 amide bonds. The van der Waals surface area contributed by atoms with Crippen molar-refractivity contribution in [1.82, 2.24) is 5.43 Å². The van der Waals surface area contributed by atoms with E-state index in [2.05, 4.69) is 26.5 Å². The molecule has 0 unspecified atom stereocenters. The molecule has 0 aromatic heterocycles. The highest BCUT2D eigenvalue weighted by Crippen LogP contribution is 2.37. The van der Waals surface area contributed by atoms with E-state index in [-0.39, 0.29) is 17.9 Å². The number of carbonyl (C=O) groups excluding carboxylic acids is 1. The van der Waals surface area contributed by atoms with Gasteiger partial charge in [-0.05, 0) is 45.8 Å². The number of nitrogens with one attached hydrogen (secondary N) is 1. The van der Waals surface area contributed by atoms with E-state index in [1.54, 1.807) is 18.2 Å². The van der Waals surface area contributed by atoms with Gasteiger partial charge in [0.05, 0.1) is 22.7 Å². The van der Waals surface area contributed by atoms with Gasteiger partial charge in [-0.3, -0.25) is 14.9 Å². The fourth-order valence-corrected chi connectivity index (χ4v) is 3.53. The lowest BCUT2D eigenvalue weighted by Crippen LogP contribution is -2.18. The Bertz CT molecular complexity index is 1190. The Balaban J connectivity index is 1.73. The molecular weight excluding hydrogens is 502 g/mol. The van der Waals surface area contributed by atoms with E-state index in [1.165, 1.54) is 37.6 Å². The number of hydrazone groups is 1. The number of nitrogens with zero attached hydrogens (tertiary/aromatic N) is 2. The van der Waals surface area contributed by atoms with Gasteiger partial charge in [-0.25, -0.2) is 5.43 Å². The Morgan fingerprint density at radius 1 is 1.22 bits per heavy atom. The molecule has 0 atom stereocenters. The molecule has 0 saturated carbocycles. The Morgan fingerprint density at radius 3 is 2.66 bits per heavy atom. The molecule has 0 aliphatic carbocycles. The Labute approximate surface area is 197 Å². The third-order valence-corrected chi connectivity index (χ3v) is 5.26. The van der Waals surface area contributed by atoms with Crippen LogP contribution in [-0.2, 0) is 6.61 Å². The average Bonchev–Trinajstić information content (AvgIpc) is 2.79. The standard InChI is InChI=1S/C22H17BrClN3O5/c1-31-20-11-14(10-17(23)21(20)32-13-15-6-2-4-8-18(15)24)12-25-26-22(28)16-7-3-5-9-19(16)27(29)30/h2-12H,13H2,1H3,(H,26,28)/b25-12+. The molecule has 0 aliphatic heterocycles. The van der Waals surface area contributed by atoms with Gasteiger partial charge in [-0.15, -0.1) is 0 Å². The van der Waals surface area contributed by atoms with Crippen LogP contribution in [-0.4, -0.2) is 24.2 Å². The van der Waals surface area contributed by atoms with Crippen molar-refractivity contribution in [1.29, 1.82) is 0 Å². The number of nitro benzene ring substituents is 1. The van der Waals surface area contributed by atoms with Crippen LogP contribution in [0.15, 0.2) is 70.2 Å².